The molecule has 25 heavy (non-hydrogen) atoms. The van der Waals surface area contributed by atoms with E-state index in [4.69, 9.17) is 21.1 Å². The van der Waals surface area contributed by atoms with Gasteiger partial charge in [-0.15, -0.1) is 0 Å². The molecule has 1 aromatic rings. The van der Waals surface area contributed by atoms with Crippen LogP contribution >= 0.6 is 11.6 Å². The SMILES string of the molecule is CCC(CO)(CO)Nc1nc(Cl)nc(N2CCC3(CC2)OCCO3)n1. The van der Waals surface area contributed by atoms with Crippen molar-refractivity contribution in [2.75, 3.05) is 49.7 Å². The Kier molecular flexibility index (Phi) is 5.59. The third-order valence-corrected chi connectivity index (χ3v) is 5.05. The normalized spacial score (nSPS) is 20.2. The van der Waals surface area contributed by atoms with Crippen LogP contribution in [0, 0.1) is 0 Å². The lowest BCUT2D eigenvalue weighted by Gasteiger charge is -2.37. The highest BCUT2D eigenvalue weighted by atomic mass is 35.5. The van der Waals surface area contributed by atoms with E-state index in [1.165, 1.54) is 0 Å². The summed E-state index contributed by atoms with van der Waals surface area (Å²) >= 11 is 6.04. The second kappa shape index (κ2) is 7.55. The molecule has 2 fully saturated rings. The van der Waals surface area contributed by atoms with Crippen LogP contribution in [0.5, 0.6) is 0 Å². The fourth-order valence-corrected chi connectivity index (χ4v) is 3.20. The molecule has 2 aliphatic rings. The van der Waals surface area contributed by atoms with Crippen LogP contribution in [0.2, 0.25) is 5.28 Å². The third-order valence-electron chi connectivity index (χ3n) is 4.88. The average molecular weight is 374 g/mol. The van der Waals surface area contributed by atoms with Gasteiger partial charge >= 0.3 is 0 Å². The third kappa shape index (κ3) is 3.95. The number of halogens is 1. The van der Waals surface area contributed by atoms with Gasteiger partial charge in [0.05, 0.1) is 32.0 Å². The molecule has 140 valence electrons. The van der Waals surface area contributed by atoms with Crippen molar-refractivity contribution in [3.8, 4) is 0 Å². The highest BCUT2D eigenvalue weighted by Crippen LogP contribution is 2.32. The zero-order valence-electron chi connectivity index (χ0n) is 14.2. The zero-order valence-corrected chi connectivity index (χ0v) is 15.0. The first-order chi connectivity index (χ1) is 12.0. The van der Waals surface area contributed by atoms with Crippen LogP contribution in [0.25, 0.3) is 0 Å². The van der Waals surface area contributed by atoms with Gasteiger partial charge in [-0.1, -0.05) is 6.92 Å². The summed E-state index contributed by atoms with van der Waals surface area (Å²) in [5, 5.41) is 22.2. The topological polar surface area (TPSA) is 113 Å². The number of aliphatic hydroxyl groups excluding tert-OH is 2. The molecule has 2 aliphatic heterocycles. The van der Waals surface area contributed by atoms with Gasteiger partial charge in [0, 0.05) is 25.9 Å². The largest absolute Gasteiger partial charge is 0.394 e. The number of nitrogens with one attached hydrogen (secondary N) is 1. The molecule has 1 aromatic heterocycles. The first-order valence-electron chi connectivity index (χ1n) is 8.48. The minimum Gasteiger partial charge on any atom is -0.394 e. The van der Waals surface area contributed by atoms with Crippen LogP contribution in [0.1, 0.15) is 26.2 Å². The Morgan fingerprint density at radius 2 is 1.80 bits per heavy atom. The highest BCUT2D eigenvalue weighted by Gasteiger charge is 2.40. The minimum atomic E-state index is -0.903. The Morgan fingerprint density at radius 1 is 1.16 bits per heavy atom. The number of ether oxygens (including phenoxy) is 2. The molecule has 0 unspecified atom stereocenters. The van der Waals surface area contributed by atoms with E-state index in [1.54, 1.807) is 0 Å². The molecule has 0 bridgehead atoms. The van der Waals surface area contributed by atoms with Crippen molar-refractivity contribution < 1.29 is 19.7 Å². The number of hydrogen-bond donors (Lipinski definition) is 3. The van der Waals surface area contributed by atoms with E-state index in [1.807, 2.05) is 11.8 Å². The summed E-state index contributed by atoms with van der Waals surface area (Å²) in [5.41, 5.74) is -0.903. The quantitative estimate of drug-likeness (QED) is 0.652. The number of anilines is 2. The minimum absolute atomic E-state index is 0.0574. The lowest BCUT2D eigenvalue weighted by molar-refractivity contribution is -0.169. The number of rotatable bonds is 6. The summed E-state index contributed by atoms with van der Waals surface area (Å²) < 4.78 is 11.5. The molecule has 9 nitrogen and oxygen atoms in total. The number of hydrogen-bond acceptors (Lipinski definition) is 9. The van der Waals surface area contributed by atoms with Gasteiger partial charge < -0.3 is 29.9 Å². The smallest absolute Gasteiger partial charge is 0.231 e. The highest BCUT2D eigenvalue weighted by molar-refractivity contribution is 6.28. The van der Waals surface area contributed by atoms with E-state index >= 15 is 0 Å². The monoisotopic (exact) mass is 373 g/mol. The van der Waals surface area contributed by atoms with Crippen LogP contribution in [-0.4, -0.2) is 76.0 Å². The van der Waals surface area contributed by atoms with Crippen molar-refractivity contribution in [1.82, 2.24) is 15.0 Å². The molecule has 3 N–H and O–H groups in total. The molecule has 3 heterocycles. The Labute approximate surface area is 151 Å². The first-order valence-corrected chi connectivity index (χ1v) is 8.86. The molecule has 1 spiro atoms. The second-order valence-electron chi connectivity index (χ2n) is 6.40. The summed E-state index contributed by atoms with van der Waals surface area (Å²) in [6.07, 6.45) is 1.95. The maximum atomic E-state index is 9.58. The van der Waals surface area contributed by atoms with Gasteiger partial charge in [0.1, 0.15) is 0 Å². The number of aliphatic hydroxyl groups is 2. The maximum Gasteiger partial charge on any atom is 0.231 e. The van der Waals surface area contributed by atoms with Crippen LogP contribution < -0.4 is 10.2 Å². The van der Waals surface area contributed by atoms with Gasteiger partial charge in [-0.05, 0) is 18.0 Å². The predicted molar refractivity (Wildman–Crippen MR) is 91.7 cm³/mol. The first kappa shape index (κ1) is 18.5. The van der Waals surface area contributed by atoms with Crippen molar-refractivity contribution in [2.45, 2.75) is 37.5 Å². The summed E-state index contributed by atoms with van der Waals surface area (Å²) in [7, 11) is 0. The predicted octanol–water partition coefficient (Wildman–Crippen LogP) is 0.414. The van der Waals surface area contributed by atoms with Gasteiger partial charge in [-0.3, -0.25) is 0 Å². The van der Waals surface area contributed by atoms with E-state index in [-0.39, 0.29) is 24.4 Å². The van der Waals surface area contributed by atoms with Crippen LogP contribution in [-0.2, 0) is 9.47 Å². The summed E-state index contributed by atoms with van der Waals surface area (Å²) in [5.74, 6) is 0.212. The van der Waals surface area contributed by atoms with Crippen LogP contribution in [0.3, 0.4) is 0 Å². The van der Waals surface area contributed by atoms with Gasteiger partial charge in [-0.2, -0.15) is 15.0 Å². The van der Waals surface area contributed by atoms with Crippen molar-refractivity contribution in [3.63, 3.8) is 0 Å². The van der Waals surface area contributed by atoms with Gasteiger partial charge in [0.15, 0.2) is 5.79 Å². The number of nitrogens with zero attached hydrogens (tertiary/aromatic N) is 4. The van der Waals surface area contributed by atoms with Gasteiger partial charge in [-0.25, -0.2) is 0 Å². The van der Waals surface area contributed by atoms with Gasteiger partial charge in [0.2, 0.25) is 17.2 Å². The molecule has 3 rings (SSSR count). The lowest BCUT2D eigenvalue weighted by atomic mass is 9.99. The second-order valence-corrected chi connectivity index (χ2v) is 6.74. The molecule has 0 saturated carbocycles. The number of aromatic nitrogens is 3. The average Bonchev–Trinajstić information content (AvgIpc) is 3.08. The summed E-state index contributed by atoms with van der Waals surface area (Å²) in [6.45, 7) is 3.98. The Balaban J connectivity index is 1.73. The molecule has 2 saturated heterocycles. The molecule has 0 aromatic carbocycles. The van der Waals surface area contributed by atoms with E-state index in [0.29, 0.717) is 38.7 Å². The molecule has 0 atom stereocenters. The molecular formula is C15H24ClN5O4. The molecule has 10 heteroatoms. The van der Waals surface area contributed by atoms with E-state index in [9.17, 15) is 10.2 Å². The summed E-state index contributed by atoms with van der Waals surface area (Å²) in [4.78, 5) is 14.7. The van der Waals surface area contributed by atoms with E-state index < -0.39 is 11.3 Å². The lowest BCUT2D eigenvalue weighted by Crippen LogP contribution is -2.47. The fraction of sp³-hybridized carbons (Fsp3) is 0.800. The fourth-order valence-electron chi connectivity index (χ4n) is 3.05. The molecule has 0 aliphatic carbocycles. The summed E-state index contributed by atoms with van der Waals surface area (Å²) in [6, 6.07) is 0. The molecule has 0 amide bonds. The van der Waals surface area contributed by atoms with E-state index in [0.717, 1.165) is 12.8 Å². The molecular weight excluding hydrogens is 350 g/mol. The Morgan fingerprint density at radius 3 is 2.36 bits per heavy atom. The Hall–Kier alpha value is -1.26. The maximum absolute atomic E-state index is 9.58. The zero-order chi connectivity index (χ0) is 17.9. The van der Waals surface area contributed by atoms with Crippen molar-refractivity contribution in [3.05, 3.63) is 5.28 Å². The molecule has 0 radical (unpaired) electrons. The van der Waals surface area contributed by atoms with Crippen molar-refractivity contribution in [2.24, 2.45) is 0 Å². The van der Waals surface area contributed by atoms with Crippen molar-refractivity contribution >= 4 is 23.5 Å². The van der Waals surface area contributed by atoms with Crippen LogP contribution in [0.4, 0.5) is 11.9 Å². The Bertz CT molecular complexity index is 577. The standard InChI is InChI=1S/C15H24ClN5O4/c1-2-14(9-22,10-23)20-12-17-11(16)18-13(19-12)21-5-3-15(4-6-21)24-7-8-25-15/h22-23H,2-10H2,1H3,(H,17,18,19,20). The van der Waals surface area contributed by atoms with Crippen LogP contribution in [0.15, 0.2) is 0 Å². The van der Waals surface area contributed by atoms with Crippen molar-refractivity contribution in [1.29, 1.82) is 0 Å². The van der Waals surface area contributed by atoms with Gasteiger partial charge in [0.25, 0.3) is 0 Å². The van der Waals surface area contributed by atoms with E-state index in [2.05, 4.69) is 20.3 Å². The number of piperidine rings is 1.